The van der Waals surface area contributed by atoms with Crippen LogP contribution >= 0.6 is 0 Å². The Kier molecular flexibility index (Phi) is 4.98. The van der Waals surface area contributed by atoms with E-state index in [-0.39, 0.29) is 28.9 Å². The number of pyridine rings is 1. The second-order valence-electron chi connectivity index (χ2n) is 5.79. The molecule has 2 aromatic carbocycles. The van der Waals surface area contributed by atoms with Crippen LogP contribution in [0.15, 0.2) is 47.4 Å². The molecule has 3 aromatic rings. The van der Waals surface area contributed by atoms with Gasteiger partial charge in [0.25, 0.3) is 5.56 Å². The maximum absolute atomic E-state index is 12.9. The van der Waals surface area contributed by atoms with Crippen LogP contribution in [0.5, 0.6) is 17.2 Å². The summed E-state index contributed by atoms with van der Waals surface area (Å²) in [5.41, 5.74) is 0.195. The van der Waals surface area contributed by atoms with Gasteiger partial charge in [-0.25, -0.2) is 0 Å². The van der Waals surface area contributed by atoms with Gasteiger partial charge in [-0.2, -0.15) is 0 Å². The number of benzene rings is 2. The minimum Gasteiger partial charge on any atom is -0.497 e. The fourth-order valence-corrected chi connectivity index (χ4v) is 2.90. The molecule has 8 heteroatoms. The number of nitro benzene ring substituents is 1. The van der Waals surface area contributed by atoms with Crippen molar-refractivity contribution in [2.75, 3.05) is 21.3 Å². The Bertz CT molecular complexity index is 1070. The number of nitrogens with zero attached hydrogens (tertiary/aromatic N) is 2. The van der Waals surface area contributed by atoms with E-state index in [9.17, 15) is 14.9 Å². The summed E-state index contributed by atoms with van der Waals surface area (Å²) in [6.45, 7) is 0.252. The third-order valence-corrected chi connectivity index (χ3v) is 4.31. The lowest BCUT2D eigenvalue weighted by atomic mass is 10.1. The SMILES string of the molecule is COc1ccc(Cn2ccc3cc(OC)c([N+](=O)[O-])cc3c2=O)c(OC)c1. The number of nitro groups is 1. The van der Waals surface area contributed by atoms with E-state index in [2.05, 4.69) is 0 Å². The van der Waals surface area contributed by atoms with Crippen molar-refractivity contribution >= 4 is 16.5 Å². The number of fused-ring (bicyclic) bond motifs is 1. The summed E-state index contributed by atoms with van der Waals surface area (Å²) < 4.78 is 17.1. The number of methoxy groups -OCH3 is 3. The Labute approximate surface area is 154 Å². The smallest absolute Gasteiger partial charge is 0.311 e. The van der Waals surface area contributed by atoms with E-state index in [0.29, 0.717) is 16.9 Å². The predicted octanol–water partition coefficient (Wildman–Crippen LogP) is 2.98. The summed E-state index contributed by atoms with van der Waals surface area (Å²) in [5.74, 6) is 1.34. The minimum absolute atomic E-state index is 0.112. The second kappa shape index (κ2) is 7.36. The zero-order valence-electron chi connectivity index (χ0n) is 15.1. The van der Waals surface area contributed by atoms with Crippen molar-refractivity contribution in [1.82, 2.24) is 4.57 Å². The van der Waals surface area contributed by atoms with Crippen LogP contribution in [-0.4, -0.2) is 30.8 Å². The summed E-state index contributed by atoms with van der Waals surface area (Å²) >= 11 is 0. The first-order chi connectivity index (χ1) is 13.0. The van der Waals surface area contributed by atoms with Crippen LogP contribution in [0.25, 0.3) is 10.8 Å². The lowest BCUT2D eigenvalue weighted by molar-refractivity contribution is -0.385. The van der Waals surface area contributed by atoms with Crippen molar-refractivity contribution in [2.24, 2.45) is 0 Å². The van der Waals surface area contributed by atoms with Gasteiger partial charge in [0.2, 0.25) is 0 Å². The molecule has 0 aliphatic heterocycles. The summed E-state index contributed by atoms with van der Waals surface area (Å²) in [4.78, 5) is 23.5. The number of rotatable bonds is 6. The third kappa shape index (κ3) is 3.41. The van der Waals surface area contributed by atoms with Crippen molar-refractivity contribution < 1.29 is 19.1 Å². The number of hydrogen-bond acceptors (Lipinski definition) is 6. The normalized spacial score (nSPS) is 10.6. The van der Waals surface area contributed by atoms with Gasteiger partial charge in [0, 0.05) is 23.9 Å². The average molecular weight is 370 g/mol. The van der Waals surface area contributed by atoms with E-state index in [0.717, 1.165) is 5.56 Å². The monoisotopic (exact) mass is 370 g/mol. The number of hydrogen-bond donors (Lipinski definition) is 0. The van der Waals surface area contributed by atoms with Crippen LogP contribution in [0.1, 0.15) is 5.56 Å². The summed E-state index contributed by atoms with van der Waals surface area (Å²) in [5, 5.41) is 12.1. The topological polar surface area (TPSA) is 92.8 Å². The lowest BCUT2D eigenvalue weighted by Gasteiger charge is -2.13. The molecule has 140 valence electrons. The van der Waals surface area contributed by atoms with Gasteiger partial charge in [0.05, 0.1) is 38.2 Å². The van der Waals surface area contributed by atoms with E-state index in [4.69, 9.17) is 14.2 Å². The highest BCUT2D eigenvalue weighted by Gasteiger charge is 2.18. The molecule has 0 saturated heterocycles. The lowest BCUT2D eigenvalue weighted by Crippen LogP contribution is -2.20. The van der Waals surface area contributed by atoms with Gasteiger partial charge in [0.15, 0.2) is 5.75 Å². The Morgan fingerprint density at radius 1 is 1.00 bits per heavy atom. The van der Waals surface area contributed by atoms with Crippen LogP contribution in [0.4, 0.5) is 5.69 Å². The second-order valence-corrected chi connectivity index (χ2v) is 5.79. The van der Waals surface area contributed by atoms with Crippen LogP contribution < -0.4 is 19.8 Å². The first-order valence-electron chi connectivity index (χ1n) is 8.05. The molecule has 0 bridgehead atoms. The van der Waals surface area contributed by atoms with E-state index in [1.165, 1.54) is 30.9 Å². The van der Waals surface area contributed by atoms with Crippen molar-refractivity contribution in [3.05, 3.63) is 68.6 Å². The number of ether oxygens (including phenoxy) is 3. The minimum atomic E-state index is -0.568. The van der Waals surface area contributed by atoms with Crippen LogP contribution in [0.2, 0.25) is 0 Å². The molecule has 0 amide bonds. The zero-order chi connectivity index (χ0) is 19.6. The van der Waals surface area contributed by atoms with Gasteiger partial charge in [-0.1, -0.05) is 0 Å². The average Bonchev–Trinajstić information content (AvgIpc) is 2.69. The molecule has 27 heavy (non-hydrogen) atoms. The van der Waals surface area contributed by atoms with Gasteiger partial charge in [-0.3, -0.25) is 14.9 Å². The maximum Gasteiger partial charge on any atom is 0.311 e. The first-order valence-corrected chi connectivity index (χ1v) is 8.05. The zero-order valence-corrected chi connectivity index (χ0v) is 15.1. The van der Waals surface area contributed by atoms with Crippen LogP contribution in [0.3, 0.4) is 0 Å². The van der Waals surface area contributed by atoms with E-state index in [1.807, 2.05) is 6.07 Å². The molecule has 0 atom stereocenters. The van der Waals surface area contributed by atoms with Crippen molar-refractivity contribution in [3.63, 3.8) is 0 Å². The van der Waals surface area contributed by atoms with E-state index < -0.39 is 4.92 Å². The molecule has 0 radical (unpaired) electrons. The molecule has 8 nitrogen and oxygen atoms in total. The highest BCUT2D eigenvalue weighted by molar-refractivity contribution is 5.86. The maximum atomic E-state index is 12.9. The Hall–Kier alpha value is -3.55. The Morgan fingerprint density at radius 3 is 2.37 bits per heavy atom. The summed E-state index contributed by atoms with van der Waals surface area (Å²) in [6, 6.07) is 9.78. The molecule has 0 aliphatic carbocycles. The molecule has 0 spiro atoms. The molecule has 0 fully saturated rings. The molecule has 1 aromatic heterocycles. The summed E-state index contributed by atoms with van der Waals surface area (Å²) in [7, 11) is 4.45. The van der Waals surface area contributed by atoms with E-state index in [1.54, 1.807) is 31.5 Å². The van der Waals surface area contributed by atoms with Crippen molar-refractivity contribution in [2.45, 2.75) is 6.54 Å². The standard InChI is InChI=1S/C19H18N2O6/c1-25-14-5-4-13(17(9-14)26-2)11-20-7-6-12-8-18(27-3)16(21(23)24)10-15(12)19(20)22/h4-10H,11H2,1-3H3. The number of aromatic nitrogens is 1. The molecule has 1 heterocycles. The fraction of sp³-hybridized carbons (Fsp3) is 0.211. The molecule has 0 N–H and O–H groups in total. The molecule has 0 unspecified atom stereocenters. The highest BCUT2D eigenvalue weighted by atomic mass is 16.6. The summed E-state index contributed by atoms with van der Waals surface area (Å²) in [6.07, 6.45) is 1.64. The molecule has 0 aliphatic rings. The van der Waals surface area contributed by atoms with Crippen LogP contribution in [-0.2, 0) is 6.54 Å². The fourth-order valence-electron chi connectivity index (χ4n) is 2.90. The molecule has 3 rings (SSSR count). The largest absolute Gasteiger partial charge is 0.497 e. The van der Waals surface area contributed by atoms with Gasteiger partial charge in [-0.15, -0.1) is 0 Å². The Morgan fingerprint density at radius 2 is 1.74 bits per heavy atom. The van der Waals surface area contributed by atoms with Crippen molar-refractivity contribution in [3.8, 4) is 17.2 Å². The Balaban J connectivity index is 2.10. The predicted molar refractivity (Wildman–Crippen MR) is 100 cm³/mol. The third-order valence-electron chi connectivity index (χ3n) is 4.31. The quantitative estimate of drug-likeness (QED) is 0.489. The van der Waals surface area contributed by atoms with E-state index >= 15 is 0 Å². The highest BCUT2D eigenvalue weighted by Crippen LogP contribution is 2.31. The van der Waals surface area contributed by atoms with Crippen LogP contribution in [0, 0.1) is 10.1 Å². The van der Waals surface area contributed by atoms with Crippen molar-refractivity contribution in [1.29, 1.82) is 0 Å². The van der Waals surface area contributed by atoms with Gasteiger partial charge >= 0.3 is 5.69 Å². The first kappa shape index (κ1) is 18.2. The molecule has 0 saturated carbocycles. The molecular weight excluding hydrogens is 352 g/mol. The molecular formula is C19H18N2O6. The van der Waals surface area contributed by atoms with Gasteiger partial charge in [-0.05, 0) is 29.7 Å². The van der Waals surface area contributed by atoms with Gasteiger partial charge in [0.1, 0.15) is 11.5 Å². The van der Waals surface area contributed by atoms with Gasteiger partial charge < -0.3 is 18.8 Å².